The summed E-state index contributed by atoms with van der Waals surface area (Å²) in [6, 6.07) is 15.1. The van der Waals surface area contributed by atoms with Gasteiger partial charge in [0.05, 0.1) is 39.1 Å². The molecule has 2 heterocycles. The number of carbonyl (C=O) groups excluding carboxylic acids is 1. The number of benzene rings is 2. The zero-order valence-electron chi connectivity index (χ0n) is 19.6. The molecule has 10 heteroatoms. The highest BCUT2D eigenvalue weighted by Crippen LogP contribution is 2.35. The Hall–Kier alpha value is -3.92. The quantitative estimate of drug-likeness (QED) is 0.325. The van der Waals surface area contributed by atoms with E-state index < -0.39 is 0 Å². The molecule has 0 aliphatic carbocycles. The molecule has 0 spiro atoms. The molecular weight excluding hydrogens is 512 g/mol. The van der Waals surface area contributed by atoms with E-state index in [-0.39, 0.29) is 12.5 Å². The number of rotatable bonds is 9. The lowest BCUT2D eigenvalue weighted by atomic mass is 10.1. The molecule has 0 unspecified atom stereocenters. The van der Waals surface area contributed by atoms with Crippen LogP contribution in [0.3, 0.4) is 0 Å². The third kappa shape index (κ3) is 5.96. The van der Waals surface area contributed by atoms with Gasteiger partial charge in [-0.05, 0) is 48.4 Å². The first-order chi connectivity index (χ1) is 17.0. The van der Waals surface area contributed by atoms with Crippen molar-refractivity contribution in [1.29, 1.82) is 0 Å². The van der Waals surface area contributed by atoms with E-state index in [1.807, 2.05) is 43.5 Å². The number of methoxy groups -OCH3 is 2. The van der Waals surface area contributed by atoms with E-state index in [9.17, 15) is 4.79 Å². The van der Waals surface area contributed by atoms with E-state index in [1.54, 1.807) is 43.3 Å². The van der Waals surface area contributed by atoms with Crippen LogP contribution < -0.4 is 20.1 Å². The van der Waals surface area contributed by atoms with Crippen LogP contribution in [0.2, 0.25) is 0 Å². The van der Waals surface area contributed by atoms with Crippen molar-refractivity contribution in [2.45, 2.75) is 20.0 Å². The van der Waals surface area contributed by atoms with Crippen molar-refractivity contribution in [3.8, 4) is 11.5 Å². The molecular formula is C25H25BrN6O3. The van der Waals surface area contributed by atoms with Crippen LogP contribution in [0.15, 0.2) is 65.4 Å². The summed E-state index contributed by atoms with van der Waals surface area (Å²) in [6.45, 7) is 2.75. The molecule has 0 saturated heterocycles. The Balaban J connectivity index is 1.43. The highest BCUT2D eigenvalue weighted by atomic mass is 79.9. The average Bonchev–Trinajstić information content (AvgIpc) is 3.31. The molecule has 4 rings (SSSR count). The van der Waals surface area contributed by atoms with Crippen molar-refractivity contribution in [3.05, 3.63) is 87.8 Å². The number of hydrogen-bond donors (Lipinski definition) is 2. The third-order valence-corrected chi connectivity index (χ3v) is 5.78. The van der Waals surface area contributed by atoms with Gasteiger partial charge in [0, 0.05) is 22.4 Å². The lowest BCUT2D eigenvalue weighted by molar-refractivity contribution is 0.0951. The molecule has 1 amide bonds. The normalized spacial score (nSPS) is 10.6. The number of pyridine rings is 1. The molecule has 0 atom stereocenters. The maximum Gasteiger partial charge on any atom is 0.255 e. The largest absolute Gasteiger partial charge is 0.493 e. The summed E-state index contributed by atoms with van der Waals surface area (Å²) in [4.78, 5) is 17.3. The number of aryl methyl sites for hydroxylation is 1. The Morgan fingerprint density at radius 1 is 1.11 bits per heavy atom. The molecule has 9 nitrogen and oxygen atoms in total. The molecule has 0 saturated carbocycles. The van der Waals surface area contributed by atoms with Crippen LogP contribution in [-0.2, 0) is 13.1 Å². The first kappa shape index (κ1) is 24.2. The van der Waals surface area contributed by atoms with Crippen LogP contribution in [-0.4, -0.2) is 40.1 Å². The predicted octanol–water partition coefficient (Wildman–Crippen LogP) is 4.48. The van der Waals surface area contributed by atoms with Gasteiger partial charge in [-0.1, -0.05) is 33.3 Å². The van der Waals surface area contributed by atoms with Crippen molar-refractivity contribution in [3.63, 3.8) is 0 Å². The van der Waals surface area contributed by atoms with Crippen molar-refractivity contribution in [2.75, 3.05) is 19.5 Å². The van der Waals surface area contributed by atoms with Gasteiger partial charge in [0.25, 0.3) is 5.91 Å². The minimum Gasteiger partial charge on any atom is -0.493 e. The number of nitrogens with one attached hydrogen (secondary N) is 2. The highest BCUT2D eigenvalue weighted by Gasteiger charge is 2.15. The maximum atomic E-state index is 13.0. The predicted molar refractivity (Wildman–Crippen MR) is 136 cm³/mol. The minimum absolute atomic E-state index is 0.239. The maximum absolute atomic E-state index is 13.0. The average molecular weight is 537 g/mol. The second kappa shape index (κ2) is 11.0. The van der Waals surface area contributed by atoms with Gasteiger partial charge in [-0.25, -0.2) is 9.67 Å². The van der Waals surface area contributed by atoms with Crippen molar-refractivity contribution in [1.82, 2.24) is 25.3 Å². The Labute approximate surface area is 211 Å². The molecule has 0 fully saturated rings. The molecule has 2 N–H and O–H groups in total. The lowest BCUT2D eigenvalue weighted by Crippen LogP contribution is -2.24. The van der Waals surface area contributed by atoms with E-state index >= 15 is 0 Å². The molecule has 0 aliphatic rings. The number of ether oxygens (including phenoxy) is 2. The number of amides is 1. The van der Waals surface area contributed by atoms with Crippen LogP contribution in [0.25, 0.3) is 0 Å². The number of hydrogen-bond acceptors (Lipinski definition) is 7. The smallest absolute Gasteiger partial charge is 0.255 e. The third-order valence-electron chi connectivity index (χ3n) is 5.25. The summed E-state index contributed by atoms with van der Waals surface area (Å²) in [6.07, 6.45) is 3.44. The fourth-order valence-corrected chi connectivity index (χ4v) is 3.86. The van der Waals surface area contributed by atoms with Crippen LogP contribution >= 0.6 is 15.9 Å². The number of carbonyl (C=O) groups is 1. The summed E-state index contributed by atoms with van der Waals surface area (Å²) in [5, 5.41) is 14.4. The minimum atomic E-state index is -0.278. The first-order valence-corrected chi connectivity index (χ1v) is 11.6. The molecule has 2 aromatic heterocycles. The molecule has 4 aromatic rings. The number of nitrogens with zero attached hydrogens (tertiary/aromatic N) is 4. The fraction of sp³-hybridized carbons (Fsp3) is 0.200. The Morgan fingerprint density at radius 2 is 1.91 bits per heavy atom. The monoisotopic (exact) mass is 536 g/mol. The summed E-state index contributed by atoms with van der Waals surface area (Å²) < 4.78 is 13.6. The van der Waals surface area contributed by atoms with E-state index in [0.717, 1.165) is 21.3 Å². The van der Waals surface area contributed by atoms with Crippen molar-refractivity contribution < 1.29 is 14.3 Å². The van der Waals surface area contributed by atoms with Gasteiger partial charge in [0.2, 0.25) is 0 Å². The van der Waals surface area contributed by atoms with Gasteiger partial charge in [-0.2, -0.15) is 0 Å². The number of halogens is 1. The standard InChI is InChI=1S/C25H25BrN6O3/c1-16-11-19(12-22(34-2)23(16)35-3)29-24-21(5-4-10-27-24)25(33)28-13-20-15-32(31-30-20)14-17-6-8-18(26)9-7-17/h4-12,15H,13-14H2,1-3H3,(H,27,29)(H,28,33). The van der Waals surface area contributed by atoms with Crippen LogP contribution in [0.4, 0.5) is 11.5 Å². The van der Waals surface area contributed by atoms with Gasteiger partial charge >= 0.3 is 0 Å². The second-order valence-electron chi connectivity index (χ2n) is 7.77. The summed E-state index contributed by atoms with van der Waals surface area (Å²) in [7, 11) is 3.17. The zero-order chi connectivity index (χ0) is 24.8. The molecule has 0 radical (unpaired) electrons. The number of aromatic nitrogens is 4. The molecule has 0 bridgehead atoms. The fourth-order valence-electron chi connectivity index (χ4n) is 3.59. The topological polar surface area (TPSA) is 103 Å². The van der Waals surface area contributed by atoms with Gasteiger partial charge in [0.15, 0.2) is 11.5 Å². The summed E-state index contributed by atoms with van der Waals surface area (Å²) in [5.41, 5.74) is 3.78. The van der Waals surface area contributed by atoms with Crippen LogP contribution in [0.1, 0.15) is 27.2 Å². The van der Waals surface area contributed by atoms with Crippen LogP contribution in [0, 0.1) is 6.92 Å². The molecule has 180 valence electrons. The lowest BCUT2D eigenvalue weighted by Gasteiger charge is -2.15. The Morgan fingerprint density at radius 3 is 2.66 bits per heavy atom. The van der Waals surface area contributed by atoms with Gasteiger partial charge < -0.3 is 20.1 Å². The highest BCUT2D eigenvalue weighted by molar-refractivity contribution is 9.10. The Kier molecular flexibility index (Phi) is 7.61. The zero-order valence-corrected chi connectivity index (χ0v) is 21.2. The van der Waals surface area contributed by atoms with E-state index in [4.69, 9.17) is 9.47 Å². The van der Waals surface area contributed by atoms with Crippen molar-refractivity contribution >= 4 is 33.3 Å². The van der Waals surface area contributed by atoms with E-state index in [0.29, 0.717) is 35.1 Å². The van der Waals surface area contributed by atoms with Gasteiger partial charge in [-0.3, -0.25) is 4.79 Å². The summed E-state index contributed by atoms with van der Waals surface area (Å²) in [5.74, 6) is 1.39. The van der Waals surface area contributed by atoms with E-state index in [1.165, 1.54) is 0 Å². The molecule has 0 aliphatic heterocycles. The van der Waals surface area contributed by atoms with Crippen LogP contribution in [0.5, 0.6) is 11.5 Å². The second-order valence-corrected chi connectivity index (χ2v) is 8.69. The molecule has 2 aromatic carbocycles. The summed E-state index contributed by atoms with van der Waals surface area (Å²) >= 11 is 3.43. The van der Waals surface area contributed by atoms with E-state index in [2.05, 4.69) is 41.9 Å². The first-order valence-electron chi connectivity index (χ1n) is 10.8. The SMILES string of the molecule is COc1cc(Nc2ncccc2C(=O)NCc2cn(Cc3ccc(Br)cc3)nn2)cc(C)c1OC. The van der Waals surface area contributed by atoms with Gasteiger partial charge in [-0.15, -0.1) is 5.10 Å². The molecule has 35 heavy (non-hydrogen) atoms. The van der Waals surface area contributed by atoms with Gasteiger partial charge in [0.1, 0.15) is 11.5 Å². The Bertz CT molecular complexity index is 1320. The van der Waals surface area contributed by atoms with Crippen molar-refractivity contribution in [2.24, 2.45) is 0 Å². The number of anilines is 2.